The third-order valence-electron chi connectivity index (χ3n) is 6.30. The van der Waals surface area contributed by atoms with Crippen molar-refractivity contribution in [2.24, 2.45) is 4.99 Å². The van der Waals surface area contributed by atoms with E-state index in [1.807, 2.05) is 13.0 Å². The Morgan fingerprint density at radius 1 is 1.06 bits per heavy atom. The van der Waals surface area contributed by atoms with E-state index in [0.29, 0.717) is 25.1 Å². The summed E-state index contributed by atoms with van der Waals surface area (Å²) in [4.78, 5) is 16.7. The van der Waals surface area contributed by atoms with Crippen molar-refractivity contribution in [2.45, 2.75) is 51.4 Å². The molecule has 1 N–H and O–H groups in total. The van der Waals surface area contributed by atoms with Crippen molar-refractivity contribution in [3.8, 4) is 0 Å². The number of hydrogen-bond donors (Lipinski definition) is 1. The quantitative estimate of drug-likeness (QED) is 0.307. The topological polar surface area (TPSA) is 63.8 Å². The number of carbonyl (C=O) groups excluding carboxylic acids is 1. The van der Waals surface area contributed by atoms with Crippen LogP contribution < -0.4 is 5.49 Å². The van der Waals surface area contributed by atoms with Crippen LogP contribution >= 0.6 is 0 Å². The van der Waals surface area contributed by atoms with Crippen LogP contribution in [0.25, 0.3) is 0 Å². The van der Waals surface area contributed by atoms with Crippen molar-refractivity contribution in [2.75, 3.05) is 13.2 Å². The Labute approximate surface area is 195 Å². The van der Waals surface area contributed by atoms with Gasteiger partial charge in [-0.15, -0.1) is 0 Å². The van der Waals surface area contributed by atoms with E-state index in [-0.39, 0.29) is 11.9 Å². The number of aryl methyl sites for hydroxylation is 1. The third-order valence-corrected chi connectivity index (χ3v) is 6.30. The Morgan fingerprint density at radius 3 is 2.76 bits per heavy atom. The van der Waals surface area contributed by atoms with Crippen molar-refractivity contribution >= 4 is 5.97 Å². The van der Waals surface area contributed by atoms with Gasteiger partial charge in [0.05, 0.1) is 13.0 Å². The lowest BCUT2D eigenvalue weighted by atomic mass is 9.88. The molecule has 0 spiro atoms. The van der Waals surface area contributed by atoms with Crippen molar-refractivity contribution < 1.29 is 14.7 Å². The molecule has 5 heteroatoms. The van der Waals surface area contributed by atoms with E-state index < -0.39 is 0 Å². The highest BCUT2D eigenvalue weighted by atomic mass is 16.5. The number of hydrogen-bond acceptors (Lipinski definition) is 4. The lowest BCUT2D eigenvalue weighted by Crippen LogP contribution is -2.17. The minimum atomic E-state index is -0.120. The predicted octanol–water partition coefficient (Wildman–Crippen LogP) is 4.83. The number of unbranched alkanes of at least 4 members (excludes halogenated alkanes) is 1. The highest BCUT2D eigenvalue weighted by molar-refractivity contribution is 5.71. The van der Waals surface area contributed by atoms with Crippen molar-refractivity contribution in [1.29, 1.82) is 0 Å². The second-order valence-electron chi connectivity index (χ2n) is 8.63. The molecule has 4 rings (SSSR count). The number of esters is 1. The number of aromatic nitrogens is 1. The molecule has 33 heavy (non-hydrogen) atoms. The van der Waals surface area contributed by atoms with Crippen LogP contribution in [0.4, 0.5) is 0 Å². The Hall–Kier alpha value is -3.34. The van der Waals surface area contributed by atoms with E-state index in [2.05, 4.69) is 47.5 Å². The standard InChI is InChI=1S/C28H32N2O3/c1-2-33-28(31)20-25-18-22-14-13-21(17-24(22)19-23-10-3-4-11-26(23)25)9-5-7-15-29-27-12-6-8-16-30(27)32/h3-4,6,8,10-14,16-17,25,32H,2,5,7,9,15,18-20H2,1H3. The molecule has 172 valence electrons. The molecule has 0 saturated heterocycles. The zero-order valence-electron chi connectivity index (χ0n) is 19.2. The fourth-order valence-corrected chi connectivity index (χ4v) is 4.66. The summed E-state index contributed by atoms with van der Waals surface area (Å²) in [5.74, 6) is 0.0336. The number of nitrogens with zero attached hydrogens (tertiary/aromatic N) is 2. The van der Waals surface area contributed by atoms with Gasteiger partial charge in [0.25, 0.3) is 0 Å². The number of carbonyl (C=O) groups is 1. The maximum absolute atomic E-state index is 12.2. The molecule has 1 aliphatic rings. The molecule has 0 saturated carbocycles. The number of pyridine rings is 1. The van der Waals surface area contributed by atoms with Crippen LogP contribution in [-0.4, -0.2) is 29.1 Å². The van der Waals surface area contributed by atoms with Gasteiger partial charge in [-0.05, 0) is 84.9 Å². The normalized spacial score (nSPS) is 15.4. The molecule has 1 aromatic heterocycles. The number of benzene rings is 2. The van der Waals surface area contributed by atoms with Gasteiger partial charge in [0.2, 0.25) is 0 Å². The van der Waals surface area contributed by atoms with Gasteiger partial charge in [-0.3, -0.25) is 9.79 Å². The van der Waals surface area contributed by atoms with E-state index in [4.69, 9.17) is 4.74 Å². The largest absolute Gasteiger partial charge is 0.466 e. The van der Waals surface area contributed by atoms with Gasteiger partial charge in [-0.25, -0.2) is 0 Å². The zero-order valence-corrected chi connectivity index (χ0v) is 19.2. The summed E-state index contributed by atoms with van der Waals surface area (Å²) >= 11 is 0. The van der Waals surface area contributed by atoms with E-state index >= 15 is 0 Å². The number of rotatable bonds is 8. The molecule has 0 aliphatic heterocycles. The van der Waals surface area contributed by atoms with Gasteiger partial charge in [-0.2, -0.15) is 4.73 Å². The Bertz CT molecular complexity index is 1170. The first-order chi connectivity index (χ1) is 16.1. The van der Waals surface area contributed by atoms with Crippen LogP contribution in [0.5, 0.6) is 0 Å². The highest BCUT2D eigenvalue weighted by Gasteiger charge is 2.24. The molecule has 1 aliphatic carbocycles. The molecule has 0 fully saturated rings. The lowest BCUT2D eigenvalue weighted by molar-refractivity contribution is -0.143. The fourth-order valence-electron chi connectivity index (χ4n) is 4.66. The molecule has 0 amide bonds. The van der Waals surface area contributed by atoms with Crippen LogP contribution in [-0.2, 0) is 28.8 Å². The minimum Gasteiger partial charge on any atom is -0.466 e. The molecule has 0 radical (unpaired) electrons. The second-order valence-corrected chi connectivity index (χ2v) is 8.63. The summed E-state index contributed by atoms with van der Waals surface area (Å²) in [7, 11) is 0. The molecule has 5 nitrogen and oxygen atoms in total. The van der Waals surface area contributed by atoms with E-state index in [1.165, 1.54) is 27.8 Å². The molecule has 3 aromatic rings. The first kappa shape index (κ1) is 22.8. The first-order valence-electron chi connectivity index (χ1n) is 11.9. The highest BCUT2D eigenvalue weighted by Crippen LogP contribution is 2.34. The minimum absolute atomic E-state index is 0.120. The Balaban J connectivity index is 1.43. The summed E-state index contributed by atoms with van der Waals surface area (Å²) < 4.78 is 6.30. The van der Waals surface area contributed by atoms with Crippen LogP contribution in [0.1, 0.15) is 59.9 Å². The molecule has 0 bridgehead atoms. The van der Waals surface area contributed by atoms with Crippen LogP contribution in [0.2, 0.25) is 0 Å². The summed E-state index contributed by atoms with van der Waals surface area (Å²) in [5.41, 5.74) is 7.19. The van der Waals surface area contributed by atoms with Crippen LogP contribution in [0, 0.1) is 0 Å². The average molecular weight is 445 g/mol. The van der Waals surface area contributed by atoms with E-state index in [1.54, 1.807) is 18.3 Å². The molecular formula is C28H32N2O3. The van der Waals surface area contributed by atoms with Crippen molar-refractivity contribution in [3.63, 3.8) is 0 Å². The van der Waals surface area contributed by atoms with Gasteiger partial charge >= 0.3 is 5.97 Å². The molecule has 1 unspecified atom stereocenters. The zero-order chi connectivity index (χ0) is 23.0. The maximum Gasteiger partial charge on any atom is 0.306 e. The average Bonchev–Trinajstić information content (AvgIpc) is 2.96. The fraction of sp³-hybridized carbons (Fsp3) is 0.357. The van der Waals surface area contributed by atoms with Gasteiger partial charge < -0.3 is 9.94 Å². The van der Waals surface area contributed by atoms with Crippen molar-refractivity contribution in [3.05, 3.63) is 100 Å². The van der Waals surface area contributed by atoms with Gasteiger partial charge in [0, 0.05) is 12.7 Å². The summed E-state index contributed by atoms with van der Waals surface area (Å²) in [6, 6.07) is 20.8. The SMILES string of the molecule is CCOC(=O)CC1Cc2ccc(CCCCN=c3ccccn3O)cc2Cc2ccccc21. The number of ether oxygens (including phenoxy) is 1. The molecule has 2 aromatic carbocycles. The summed E-state index contributed by atoms with van der Waals surface area (Å²) in [6.07, 6.45) is 6.79. The third kappa shape index (κ3) is 5.92. The first-order valence-corrected chi connectivity index (χ1v) is 11.9. The van der Waals surface area contributed by atoms with E-state index in [0.717, 1.165) is 36.8 Å². The summed E-state index contributed by atoms with van der Waals surface area (Å²) in [6.45, 7) is 2.97. The predicted molar refractivity (Wildman–Crippen MR) is 128 cm³/mol. The van der Waals surface area contributed by atoms with E-state index in [9.17, 15) is 10.0 Å². The smallest absolute Gasteiger partial charge is 0.306 e. The second kappa shape index (κ2) is 11.0. The molecular weight excluding hydrogens is 412 g/mol. The van der Waals surface area contributed by atoms with Gasteiger partial charge in [-0.1, -0.05) is 48.5 Å². The molecule has 1 atom stereocenters. The number of fused-ring (bicyclic) bond motifs is 2. The molecule has 1 heterocycles. The van der Waals surface area contributed by atoms with Gasteiger partial charge in [0.1, 0.15) is 0 Å². The van der Waals surface area contributed by atoms with Crippen LogP contribution in [0.3, 0.4) is 0 Å². The maximum atomic E-state index is 12.2. The van der Waals surface area contributed by atoms with Crippen molar-refractivity contribution in [1.82, 2.24) is 4.73 Å². The lowest BCUT2D eigenvalue weighted by Gasteiger charge is -2.17. The van der Waals surface area contributed by atoms with Gasteiger partial charge in [0.15, 0.2) is 5.49 Å². The Morgan fingerprint density at radius 2 is 1.91 bits per heavy atom. The van der Waals surface area contributed by atoms with Crippen LogP contribution in [0.15, 0.2) is 71.9 Å². The monoisotopic (exact) mass is 444 g/mol. The Kier molecular flexibility index (Phi) is 7.61. The summed E-state index contributed by atoms with van der Waals surface area (Å²) in [5, 5.41) is 9.74.